The van der Waals surface area contributed by atoms with Crippen molar-refractivity contribution in [3.8, 4) is 0 Å². The predicted molar refractivity (Wildman–Crippen MR) is 88.1 cm³/mol. The molecule has 2 nitrogen and oxygen atoms in total. The summed E-state index contributed by atoms with van der Waals surface area (Å²) in [6.45, 7) is 3.11. The van der Waals surface area contributed by atoms with Crippen LogP contribution in [0.5, 0.6) is 0 Å². The Morgan fingerprint density at radius 2 is 1.80 bits per heavy atom. The van der Waals surface area contributed by atoms with Crippen LogP contribution in [0.25, 0.3) is 0 Å². The van der Waals surface area contributed by atoms with Crippen LogP contribution in [0.4, 0.5) is 5.69 Å². The number of anilines is 1. The van der Waals surface area contributed by atoms with E-state index in [1.807, 2.05) is 6.07 Å². The van der Waals surface area contributed by atoms with Crippen LogP contribution >= 0.6 is 12.2 Å². The van der Waals surface area contributed by atoms with E-state index in [2.05, 4.69) is 65.7 Å². The fourth-order valence-electron chi connectivity index (χ4n) is 2.64. The van der Waals surface area contributed by atoms with Crippen LogP contribution in [-0.4, -0.2) is 11.7 Å². The number of nitrogens with one attached hydrogen (secondary N) is 1. The molecule has 1 atom stereocenters. The molecule has 0 amide bonds. The monoisotopic (exact) mass is 282 g/mol. The van der Waals surface area contributed by atoms with Gasteiger partial charge >= 0.3 is 0 Å². The number of thiocarbonyl (C=S) groups is 1. The van der Waals surface area contributed by atoms with Crippen molar-refractivity contribution in [1.29, 1.82) is 0 Å². The second-order valence-electron chi connectivity index (χ2n) is 5.11. The van der Waals surface area contributed by atoms with E-state index in [0.717, 1.165) is 18.1 Å². The molecule has 0 spiro atoms. The van der Waals surface area contributed by atoms with Gasteiger partial charge in [-0.1, -0.05) is 48.5 Å². The molecule has 1 aliphatic rings. The van der Waals surface area contributed by atoms with Crippen molar-refractivity contribution in [3.63, 3.8) is 0 Å². The zero-order valence-corrected chi connectivity index (χ0v) is 12.4. The Bertz CT molecular complexity index is 609. The van der Waals surface area contributed by atoms with Crippen molar-refractivity contribution >= 4 is 23.0 Å². The Morgan fingerprint density at radius 3 is 2.60 bits per heavy atom. The molecule has 2 aromatic carbocycles. The molecular formula is C17H18N2S. The first-order valence-electron chi connectivity index (χ1n) is 6.96. The lowest BCUT2D eigenvalue weighted by atomic mass is 10.1. The Balaban J connectivity index is 1.72. The normalized spacial score (nSPS) is 14.8. The molecule has 102 valence electrons. The summed E-state index contributed by atoms with van der Waals surface area (Å²) in [4.78, 5) is 2.20. The lowest BCUT2D eigenvalue weighted by molar-refractivity contribution is 0.713. The van der Waals surface area contributed by atoms with E-state index in [4.69, 9.17) is 12.2 Å². The summed E-state index contributed by atoms with van der Waals surface area (Å²) in [5.41, 5.74) is 3.87. The average Bonchev–Trinajstić information content (AvgIpc) is 2.92. The third-order valence-corrected chi connectivity index (χ3v) is 4.11. The number of para-hydroxylation sites is 1. The molecule has 1 aliphatic heterocycles. The minimum absolute atomic E-state index is 0.219. The number of hydrogen-bond donors (Lipinski definition) is 1. The number of rotatable bonds is 2. The molecule has 0 saturated carbocycles. The lowest BCUT2D eigenvalue weighted by Crippen LogP contribution is -2.39. The molecule has 3 heteroatoms. The second kappa shape index (κ2) is 5.63. The molecule has 1 unspecified atom stereocenters. The molecule has 0 fully saturated rings. The standard InChI is InChI=1S/C17H18N2S/c1-13(14-7-3-2-4-8-14)18-17(20)19-12-11-15-9-5-6-10-16(15)19/h2-10,13H,11-12H2,1H3,(H,18,20). The van der Waals surface area contributed by atoms with E-state index in [1.165, 1.54) is 16.8 Å². The third kappa shape index (κ3) is 2.54. The van der Waals surface area contributed by atoms with Crippen LogP contribution in [0.3, 0.4) is 0 Å². The summed E-state index contributed by atoms with van der Waals surface area (Å²) in [6, 6.07) is 19.1. The average molecular weight is 282 g/mol. The Morgan fingerprint density at radius 1 is 1.10 bits per heavy atom. The maximum Gasteiger partial charge on any atom is 0.173 e. The van der Waals surface area contributed by atoms with Gasteiger partial charge in [0.25, 0.3) is 0 Å². The molecule has 3 rings (SSSR count). The maximum atomic E-state index is 5.58. The highest BCUT2D eigenvalue weighted by molar-refractivity contribution is 7.80. The van der Waals surface area contributed by atoms with Gasteiger partial charge in [0.05, 0.1) is 6.04 Å². The number of hydrogen-bond acceptors (Lipinski definition) is 1. The van der Waals surface area contributed by atoms with Crippen molar-refractivity contribution in [2.75, 3.05) is 11.4 Å². The van der Waals surface area contributed by atoms with E-state index in [0.29, 0.717) is 0 Å². The van der Waals surface area contributed by atoms with Gasteiger partial charge in [-0.05, 0) is 42.8 Å². The fourth-order valence-corrected chi connectivity index (χ4v) is 3.00. The zero-order valence-electron chi connectivity index (χ0n) is 11.5. The molecule has 20 heavy (non-hydrogen) atoms. The van der Waals surface area contributed by atoms with Crippen LogP contribution in [-0.2, 0) is 6.42 Å². The first kappa shape index (κ1) is 13.1. The van der Waals surface area contributed by atoms with Gasteiger partial charge in [-0.15, -0.1) is 0 Å². The highest BCUT2D eigenvalue weighted by atomic mass is 32.1. The van der Waals surface area contributed by atoms with Crippen LogP contribution in [0.2, 0.25) is 0 Å². The van der Waals surface area contributed by atoms with Crippen LogP contribution in [0, 0.1) is 0 Å². The first-order chi connectivity index (χ1) is 9.75. The van der Waals surface area contributed by atoms with Gasteiger partial charge in [-0.3, -0.25) is 0 Å². The molecule has 1 N–H and O–H groups in total. The first-order valence-corrected chi connectivity index (χ1v) is 7.37. The largest absolute Gasteiger partial charge is 0.356 e. The molecule has 2 aromatic rings. The summed E-state index contributed by atoms with van der Waals surface area (Å²) in [5, 5.41) is 4.25. The van der Waals surface area contributed by atoms with Crippen molar-refractivity contribution in [1.82, 2.24) is 5.32 Å². The van der Waals surface area contributed by atoms with Gasteiger partial charge < -0.3 is 10.2 Å². The maximum absolute atomic E-state index is 5.58. The lowest BCUT2D eigenvalue weighted by Gasteiger charge is -2.24. The quantitative estimate of drug-likeness (QED) is 0.846. The molecule has 0 bridgehead atoms. The predicted octanol–water partition coefficient (Wildman–Crippen LogP) is 3.68. The molecule has 0 radical (unpaired) electrons. The number of nitrogens with zero attached hydrogens (tertiary/aromatic N) is 1. The molecule has 0 aromatic heterocycles. The minimum Gasteiger partial charge on any atom is -0.356 e. The van der Waals surface area contributed by atoms with Gasteiger partial charge in [0.2, 0.25) is 0 Å². The Hall–Kier alpha value is -1.87. The summed E-state index contributed by atoms with van der Waals surface area (Å²) in [6.07, 6.45) is 1.07. The van der Waals surface area contributed by atoms with Crippen molar-refractivity contribution in [2.45, 2.75) is 19.4 Å². The highest BCUT2D eigenvalue weighted by Gasteiger charge is 2.22. The number of fused-ring (bicyclic) bond motifs is 1. The van der Waals surface area contributed by atoms with E-state index in [9.17, 15) is 0 Å². The van der Waals surface area contributed by atoms with Crippen LogP contribution < -0.4 is 10.2 Å². The summed E-state index contributed by atoms with van der Waals surface area (Å²) >= 11 is 5.58. The third-order valence-electron chi connectivity index (χ3n) is 3.77. The topological polar surface area (TPSA) is 15.3 Å². The van der Waals surface area contributed by atoms with E-state index in [1.54, 1.807) is 0 Å². The second-order valence-corrected chi connectivity index (χ2v) is 5.50. The van der Waals surface area contributed by atoms with Crippen LogP contribution in [0.15, 0.2) is 54.6 Å². The summed E-state index contributed by atoms with van der Waals surface area (Å²) in [7, 11) is 0. The van der Waals surface area contributed by atoms with Crippen molar-refractivity contribution in [2.24, 2.45) is 0 Å². The van der Waals surface area contributed by atoms with Gasteiger partial charge in [-0.2, -0.15) is 0 Å². The van der Waals surface area contributed by atoms with Crippen molar-refractivity contribution < 1.29 is 0 Å². The number of benzene rings is 2. The molecule has 0 saturated heterocycles. The Labute approximate surface area is 125 Å². The van der Waals surface area contributed by atoms with Gasteiger partial charge in [-0.25, -0.2) is 0 Å². The SMILES string of the molecule is CC(NC(=S)N1CCc2ccccc21)c1ccccc1. The van der Waals surface area contributed by atoms with E-state index < -0.39 is 0 Å². The van der Waals surface area contributed by atoms with Gasteiger partial charge in [0.1, 0.15) is 0 Å². The van der Waals surface area contributed by atoms with Gasteiger partial charge in [0.15, 0.2) is 5.11 Å². The highest BCUT2D eigenvalue weighted by Crippen LogP contribution is 2.27. The molecule has 0 aliphatic carbocycles. The molecule has 1 heterocycles. The summed E-state index contributed by atoms with van der Waals surface area (Å²) in [5.74, 6) is 0. The Kier molecular flexibility index (Phi) is 3.70. The van der Waals surface area contributed by atoms with Gasteiger partial charge in [0, 0.05) is 12.2 Å². The van der Waals surface area contributed by atoms with Crippen molar-refractivity contribution in [3.05, 3.63) is 65.7 Å². The smallest absolute Gasteiger partial charge is 0.173 e. The zero-order chi connectivity index (χ0) is 13.9. The minimum atomic E-state index is 0.219. The van der Waals surface area contributed by atoms with E-state index >= 15 is 0 Å². The fraction of sp³-hybridized carbons (Fsp3) is 0.235. The van der Waals surface area contributed by atoms with Crippen LogP contribution in [0.1, 0.15) is 24.1 Å². The summed E-state index contributed by atoms with van der Waals surface area (Å²) < 4.78 is 0. The molecular weight excluding hydrogens is 264 g/mol. The van der Waals surface area contributed by atoms with E-state index in [-0.39, 0.29) is 6.04 Å².